The van der Waals surface area contributed by atoms with Crippen molar-refractivity contribution in [3.05, 3.63) is 71.2 Å². The van der Waals surface area contributed by atoms with Gasteiger partial charge in [0, 0.05) is 22.4 Å². The van der Waals surface area contributed by atoms with Gasteiger partial charge in [-0.05, 0) is 35.9 Å². The lowest BCUT2D eigenvalue weighted by Gasteiger charge is -1.99. The van der Waals surface area contributed by atoms with Crippen LogP contribution in [0.2, 0.25) is 5.02 Å². The molecule has 0 amide bonds. The number of hydrogen-bond donors (Lipinski definition) is 0. The number of benzene rings is 1. The molecule has 0 aromatic heterocycles. The summed E-state index contributed by atoms with van der Waals surface area (Å²) in [5.74, 6) is 0.822. The molecule has 3 rings (SSSR count). The first-order chi connectivity index (χ1) is 10.3. The van der Waals surface area contributed by atoms with Crippen molar-refractivity contribution in [3.63, 3.8) is 0 Å². The van der Waals surface area contributed by atoms with Crippen LogP contribution in [0.15, 0.2) is 65.7 Å². The lowest BCUT2D eigenvalue weighted by molar-refractivity contribution is 0.415. The van der Waals surface area contributed by atoms with Crippen LogP contribution in [-0.4, -0.2) is 13.3 Å². The second kappa shape index (κ2) is 5.98. The van der Waals surface area contributed by atoms with E-state index in [-0.39, 0.29) is 0 Å². The van der Waals surface area contributed by atoms with Gasteiger partial charge in [0.15, 0.2) is 0 Å². The van der Waals surface area contributed by atoms with Crippen LogP contribution in [0.25, 0.3) is 11.1 Å². The maximum absolute atomic E-state index is 6.28. The Bertz CT molecular complexity index is 750. The Hall–Kier alpha value is -2.32. The van der Waals surface area contributed by atoms with E-state index in [4.69, 9.17) is 16.3 Å². The van der Waals surface area contributed by atoms with Crippen LogP contribution in [0.4, 0.5) is 5.69 Å². The molecule has 0 N–H and O–H groups in total. The third-order valence-electron chi connectivity index (χ3n) is 3.31. The van der Waals surface area contributed by atoms with Gasteiger partial charge in [-0.2, -0.15) is 0 Å². The van der Waals surface area contributed by atoms with Crippen LogP contribution in [0, 0.1) is 0 Å². The summed E-state index contributed by atoms with van der Waals surface area (Å²) < 4.78 is 5.13. The minimum absolute atomic E-state index is 0.748. The van der Waals surface area contributed by atoms with Crippen molar-refractivity contribution in [1.82, 2.24) is 0 Å². The molecule has 0 heterocycles. The SMILES string of the molecule is COc1ccc(N=Cc2cc(Cl)c3cccccc2-3)cc1. The van der Waals surface area contributed by atoms with E-state index in [2.05, 4.69) is 11.1 Å². The van der Waals surface area contributed by atoms with Gasteiger partial charge in [-0.15, -0.1) is 0 Å². The molecular weight excluding hydrogens is 282 g/mol. The van der Waals surface area contributed by atoms with E-state index in [9.17, 15) is 0 Å². The van der Waals surface area contributed by atoms with E-state index in [1.54, 1.807) is 7.11 Å². The Balaban J connectivity index is 1.93. The second-order valence-corrected chi connectivity index (χ2v) is 5.05. The lowest BCUT2D eigenvalue weighted by atomic mass is 10.1. The fourth-order valence-corrected chi connectivity index (χ4v) is 2.50. The highest BCUT2D eigenvalue weighted by molar-refractivity contribution is 6.34. The van der Waals surface area contributed by atoms with Gasteiger partial charge in [-0.25, -0.2) is 0 Å². The summed E-state index contributed by atoms with van der Waals surface area (Å²) >= 11 is 6.28. The summed E-state index contributed by atoms with van der Waals surface area (Å²) in [6.07, 6.45) is 1.84. The molecule has 21 heavy (non-hydrogen) atoms. The molecule has 0 unspecified atom stereocenters. The maximum Gasteiger partial charge on any atom is 0.119 e. The van der Waals surface area contributed by atoms with Crippen molar-refractivity contribution in [2.45, 2.75) is 0 Å². The van der Waals surface area contributed by atoms with Crippen molar-refractivity contribution < 1.29 is 4.74 Å². The lowest BCUT2D eigenvalue weighted by Crippen LogP contribution is -1.81. The zero-order valence-electron chi connectivity index (χ0n) is 11.6. The molecule has 0 spiro atoms. The highest BCUT2D eigenvalue weighted by Gasteiger charge is 2.11. The van der Waals surface area contributed by atoms with Crippen LogP contribution >= 0.6 is 11.6 Å². The Morgan fingerprint density at radius 2 is 1.67 bits per heavy atom. The summed E-state index contributed by atoms with van der Waals surface area (Å²) in [6, 6.07) is 19.6. The normalized spacial score (nSPS) is 11.1. The topological polar surface area (TPSA) is 21.6 Å². The Morgan fingerprint density at radius 1 is 0.952 bits per heavy atom. The van der Waals surface area contributed by atoms with Crippen LogP contribution in [0.5, 0.6) is 5.75 Å². The van der Waals surface area contributed by atoms with Gasteiger partial charge >= 0.3 is 0 Å². The number of rotatable bonds is 3. The molecule has 2 aliphatic carbocycles. The predicted octanol–water partition coefficient (Wildman–Crippen LogP) is 5.20. The smallest absolute Gasteiger partial charge is 0.119 e. The van der Waals surface area contributed by atoms with E-state index in [0.29, 0.717) is 0 Å². The number of hydrogen-bond acceptors (Lipinski definition) is 2. The van der Waals surface area contributed by atoms with Crippen LogP contribution in [0.3, 0.4) is 0 Å². The number of aliphatic imine (C=N–C) groups is 1. The molecule has 3 heteroatoms. The Morgan fingerprint density at radius 3 is 2.38 bits per heavy atom. The molecule has 1 aromatic carbocycles. The molecule has 104 valence electrons. The average molecular weight is 296 g/mol. The van der Waals surface area contributed by atoms with Crippen molar-refractivity contribution in [2.24, 2.45) is 4.99 Å². The molecule has 1 aromatic rings. The van der Waals surface area contributed by atoms with E-state index < -0.39 is 0 Å². The first kappa shape index (κ1) is 13.7. The molecule has 0 fully saturated rings. The van der Waals surface area contributed by atoms with Crippen LogP contribution in [0.1, 0.15) is 5.56 Å². The number of fused-ring (bicyclic) bond motifs is 1. The largest absolute Gasteiger partial charge is 0.497 e. The third-order valence-corrected chi connectivity index (χ3v) is 3.63. The highest BCUT2D eigenvalue weighted by atomic mass is 35.5. The summed E-state index contributed by atoms with van der Waals surface area (Å²) in [7, 11) is 1.65. The van der Waals surface area contributed by atoms with Crippen molar-refractivity contribution >= 4 is 23.5 Å². The average Bonchev–Trinajstić information content (AvgIpc) is 2.70. The number of ether oxygens (including phenoxy) is 1. The monoisotopic (exact) mass is 295 g/mol. The predicted molar refractivity (Wildman–Crippen MR) is 88.3 cm³/mol. The van der Waals surface area contributed by atoms with E-state index in [1.807, 2.05) is 60.8 Å². The van der Waals surface area contributed by atoms with E-state index in [0.717, 1.165) is 33.1 Å². The maximum atomic E-state index is 6.28. The van der Waals surface area contributed by atoms with Crippen LogP contribution < -0.4 is 4.74 Å². The molecule has 0 saturated carbocycles. The van der Waals surface area contributed by atoms with Gasteiger partial charge in [0.25, 0.3) is 0 Å². The zero-order chi connectivity index (χ0) is 14.7. The van der Waals surface area contributed by atoms with Gasteiger partial charge in [-0.3, -0.25) is 4.99 Å². The minimum atomic E-state index is 0.748. The molecule has 0 aliphatic heterocycles. The molecule has 0 radical (unpaired) electrons. The summed E-state index contributed by atoms with van der Waals surface area (Å²) in [5.41, 5.74) is 4.03. The minimum Gasteiger partial charge on any atom is -0.497 e. The van der Waals surface area contributed by atoms with Gasteiger partial charge in [0.2, 0.25) is 0 Å². The zero-order valence-corrected chi connectivity index (χ0v) is 12.3. The Kier molecular flexibility index (Phi) is 3.89. The fourth-order valence-electron chi connectivity index (χ4n) is 2.22. The highest BCUT2D eigenvalue weighted by Crippen LogP contribution is 2.34. The quantitative estimate of drug-likeness (QED) is 0.608. The van der Waals surface area contributed by atoms with Gasteiger partial charge in [-0.1, -0.05) is 41.9 Å². The summed E-state index contributed by atoms with van der Waals surface area (Å²) in [6.45, 7) is 0. The molecule has 0 bridgehead atoms. The third kappa shape index (κ3) is 2.91. The van der Waals surface area contributed by atoms with Gasteiger partial charge in [0.05, 0.1) is 12.8 Å². The van der Waals surface area contributed by atoms with Crippen molar-refractivity contribution in [3.8, 4) is 16.9 Å². The van der Waals surface area contributed by atoms with Crippen LogP contribution in [-0.2, 0) is 0 Å². The number of nitrogens with zero attached hydrogens (tertiary/aromatic N) is 1. The van der Waals surface area contributed by atoms with Crippen molar-refractivity contribution in [1.29, 1.82) is 0 Å². The second-order valence-electron chi connectivity index (χ2n) is 4.64. The fraction of sp³-hybridized carbons (Fsp3) is 0.0556. The van der Waals surface area contributed by atoms with Gasteiger partial charge in [0.1, 0.15) is 5.75 Å². The van der Waals surface area contributed by atoms with E-state index in [1.165, 1.54) is 0 Å². The molecular formula is C18H14ClNO. The first-order valence-electron chi connectivity index (χ1n) is 6.63. The van der Waals surface area contributed by atoms with E-state index >= 15 is 0 Å². The standard InChI is InChI=1S/C18H14ClNO/c1-21-15-9-7-14(8-10-15)20-12-13-11-18(19)17-6-4-2-3-5-16(13)17/h2-12H,1H3. The van der Waals surface area contributed by atoms with Gasteiger partial charge < -0.3 is 4.74 Å². The number of methoxy groups -OCH3 is 1. The van der Waals surface area contributed by atoms with Crippen molar-refractivity contribution in [2.75, 3.05) is 7.11 Å². The summed E-state index contributed by atoms with van der Waals surface area (Å²) in [5, 5.41) is 0.748. The number of halogens is 1. The molecule has 2 nitrogen and oxygen atoms in total. The molecule has 2 aliphatic rings. The summed E-state index contributed by atoms with van der Waals surface area (Å²) in [4.78, 5) is 4.50. The molecule has 0 atom stereocenters. The Labute approximate surface area is 129 Å². The first-order valence-corrected chi connectivity index (χ1v) is 7.01. The molecule has 0 saturated heterocycles.